The Morgan fingerprint density at radius 1 is 0.969 bits per heavy atom. The van der Waals surface area contributed by atoms with E-state index in [9.17, 15) is 8.42 Å². The topological polar surface area (TPSA) is 91.0 Å². The second-order valence-corrected chi connectivity index (χ2v) is 10.8. The van der Waals surface area contributed by atoms with Crippen LogP contribution in [0.2, 0.25) is 0 Å². The molecule has 0 spiro atoms. The highest BCUT2D eigenvalue weighted by Gasteiger charge is 2.19. The Morgan fingerprint density at radius 2 is 1.69 bits per heavy atom. The van der Waals surface area contributed by atoms with E-state index in [1.807, 2.05) is 24.3 Å². The van der Waals surface area contributed by atoms with Crippen LogP contribution in [0.25, 0.3) is 33.1 Å². The van der Waals surface area contributed by atoms with E-state index in [2.05, 4.69) is 26.3 Å². The zero-order chi connectivity index (χ0) is 22.3. The number of rotatable bonds is 5. The van der Waals surface area contributed by atoms with Crippen molar-refractivity contribution in [3.8, 4) is 11.1 Å². The molecule has 2 aromatic carbocycles. The molecule has 2 heterocycles. The molecule has 4 aromatic rings. The Hall–Kier alpha value is -2.97. The number of aromatic nitrogens is 3. The average molecular weight is 450 g/mol. The summed E-state index contributed by atoms with van der Waals surface area (Å²) < 4.78 is 26.0. The van der Waals surface area contributed by atoms with Gasteiger partial charge in [0.05, 0.1) is 10.3 Å². The molecule has 0 saturated heterocycles. The van der Waals surface area contributed by atoms with E-state index in [-0.39, 0.29) is 4.90 Å². The molecular formula is C24H27N5O2S. The van der Waals surface area contributed by atoms with Crippen LogP contribution in [0.1, 0.15) is 32.1 Å². The fourth-order valence-corrected chi connectivity index (χ4v) is 5.38. The van der Waals surface area contributed by atoms with E-state index in [1.165, 1.54) is 50.5 Å². The highest BCUT2D eigenvalue weighted by Crippen LogP contribution is 2.34. The van der Waals surface area contributed by atoms with Gasteiger partial charge in [-0.15, -0.1) is 0 Å². The van der Waals surface area contributed by atoms with E-state index < -0.39 is 10.0 Å². The van der Waals surface area contributed by atoms with Gasteiger partial charge in [-0.2, -0.15) is 0 Å². The minimum absolute atomic E-state index is 0.284. The number of benzene rings is 2. The van der Waals surface area contributed by atoms with Crippen LogP contribution in [0.4, 0.5) is 5.82 Å². The molecular weight excluding hydrogens is 422 g/mol. The van der Waals surface area contributed by atoms with Crippen molar-refractivity contribution in [1.82, 2.24) is 19.3 Å². The zero-order valence-electron chi connectivity index (χ0n) is 18.3. The van der Waals surface area contributed by atoms with E-state index in [4.69, 9.17) is 0 Å². The molecule has 166 valence electrons. The Kier molecular flexibility index (Phi) is 5.35. The standard InChI is InChI=1S/C24H27N5O2S/c1-29(2)32(30,31)19-11-8-16(9-12-19)17-10-13-21-20(14-17)22-23(25-15-26-24(22)28-21)27-18-6-4-3-5-7-18/h8-15,18H,3-7H2,1-2H3,(H2,25,26,27,28). The van der Waals surface area contributed by atoms with Gasteiger partial charge >= 0.3 is 0 Å². The van der Waals surface area contributed by atoms with Gasteiger partial charge in [0.15, 0.2) is 0 Å². The van der Waals surface area contributed by atoms with Crippen LogP contribution in [0.3, 0.4) is 0 Å². The monoisotopic (exact) mass is 449 g/mol. The lowest BCUT2D eigenvalue weighted by Gasteiger charge is -2.23. The molecule has 0 bridgehead atoms. The summed E-state index contributed by atoms with van der Waals surface area (Å²) in [6, 6.07) is 13.7. The highest BCUT2D eigenvalue weighted by atomic mass is 32.2. The molecule has 32 heavy (non-hydrogen) atoms. The van der Waals surface area contributed by atoms with E-state index in [1.54, 1.807) is 18.5 Å². The van der Waals surface area contributed by atoms with Gasteiger partial charge in [0, 0.05) is 31.0 Å². The van der Waals surface area contributed by atoms with Gasteiger partial charge < -0.3 is 10.3 Å². The van der Waals surface area contributed by atoms with Gasteiger partial charge in [-0.1, -0.05) is 37.5 Å². The van der Waals surface area contributed by atoms with Gasteiger partial charge in [0.25, 0.3) is 0 Å². The van der Waals surface area contributed by atoms with Crippen LogP contribution in [0, 0.1) is 0 Å². The molecule has 0 amide bonds. The number of aromatic amines is 1. The molecule has 2 N–H and O–H groups in total. The van der Waals surface area contributed by atoms with Gasteiger partial charge in [0.1, 0.15) is 17.8 Å². The van der Waals surface area contributed by atoms with E-state index in [0.29, 0.717) is 6.04 Å². The van der Waals surface area contributed by atoms with Crippen molar-refractivity contribution < 1.29 is 8.42 Å². The zero-order valence-corrected chi connectivity index (χ0v) is 19.1. The lowest BCUT2D eigenvalue weighted by Crippen LogP contribution is -2.22. The third kappa shape index (κ3) is 3.73. The van der Waals surface area contributed by atoms with E-state index in [0.717, 1.165) is 38.9 Å². The molecule has 5 rings (SSSR count). The van der Waals surface area contributed by atoms with Gasteiger partial charge in [-0.3, -0.25) is 0 Å². The van der Waals surface area contributed by atoms with Crippen molar-refractivity contribution in [2.24, 2.45) is 0 Å². The lowest BCUT2D eigenvalue weighted by molar-refractivity contribution is 0.462. The summed E-state index contributed by atoms with van der Waals surface area (Å²) in [6.45, 7) is 0. The summed E-state index contributed by atoms with van der Waals surface area (Å²) in [5.74, 6) is 0.873. The molecule has 1 saturated carbocycles. The smallest absolute Gasteiger partial charge is 0.242 e. The summed E-state index contributed by atoms with van der Waals surface area (Å²) in [5.41, 5.74) is 3.79. The van der Waals surface area contributed by atoms with Crippen molar-refractivity contribution in [3.05, 3.63) is 48.8 Å². The minimum atomic E-state index is -3.45. The summed E-state index contributed by atoms with van der Waals surface area (Å²) in [6.07, 6.45) is 7.76. The van der Waals surface area contributed by atoms with Crippen LogP contribution in [0.15, 0.2) is 53.7 Å². The summed E-state index contributed by atoms with van der Waals surface area (Å²) in [4.78, 5) is 12.7. The van der Waals surface area contributed by atoms with Gasteiger partial charge in [-0.25, -0.2) is 22.7 Å². The maximum Gasteiger partial charge on any atom is 0.242 e. The molecule has 1 aliphatic carbocycles. The van der Waals surface area contributed by atoms with Crippen molar-refractivity contribution in [1.29, 1.82) is 0 Å². The SMILES string of the molecule is CN(C)S(=O)(=O)c1ccc(-c2ccc3[nH]c4ncnc(NC5CCCCC5)c4c3c2)cc1. The molecule has 0 unspecified atom stereocenters. The van der Waals surface area contributed by atoms with Crippen molar-refractivity contribution in [2.45, 2.75) is 43.0 Å². The first-order chi connectivity index (χ1) is 15.4. The molecule has 7 nitrogen and oxygen atoms in total. The first-order valence-corrected chi connectivity index (χ1v) is 12.4. The molecule has 0 aliphatic heterocycles. The largest absolute Gasteiger partial charge is 0.367 e. The second-order valence-electron chi connectivity index (χ2n) is 8.62. The number of H-pyrrole nitrogens is 1. The van der Waals surface area contributed by atoms with Crippen LogP contribution in [-0.4, -0.2) is 47.8 Å². The molecule has 0 radical (unpaired) electrons. The van der Waals surface area contributed by atoms with Crippen molar-refractivity contribution in [3.63, 3.8) is 0 Å². The van der Waals surface area contributed by atoms with Crippen LogP contribution < -0.4 is 5.32 Å². The Morgan fingerprint density at radius 3 is 2.41 bits per heavy atom. The summed E-state index contributed by atoms with van der Waals surface area (Å²) in [5, 5.41) is 5.71. The fraction of sp³-hybridized carbons (Fsp3) is 0.333. The number of hydrogen-bond acceptors (Lipinski definition) is 5. The number of fused-ring (bicyclic) bond motifs is 3. The summed E-state index contributed by atoms with van der Waals surface area (Å²) >= 11 is 0. The molecule has 2 aromatic heterocycles. The minimum Gasteiger partial charge on any atom is -0.367 e. The molecule has 1 aliphatic rings. The highest BCUT2D eigenvalue weighted by molar-refractivity contribution is 7.89. The second kappa shape index (κ2) is 8.18. The third-order valence-electron chi connectivity index (χ3n) is 6.30. The number of hydrogen-bond donors (Lipinski definition) is 2. The average Bonchev–Trinajstić information content (AvgIpc) is 3.18. The first-order valence-electron chi connectivity index (χ1n) is 11.0. The lowest BCUT2D eigenvalue weighted by atomic mass is 9.95. The Bertz CT molecular complexity index is 1370. The van der Waals surface area contributed by atoms with Gasteiger partial charge in [0.2, 0.25) is 10.0 Å². The predicted molar refractivity (Wildman–Crippen MR) is 128 cm³/mol. The van der Waals surface area contributed by atoms with Crippen LogP contribution >= 0.6 is 0 Å². The van der Waals surface area contributed by atoms with Crippen molar-refractivity contribution >= 4 is 37.8 Å². The molecule has 1 fully saturated rings. The summed E-state index contributed by atoms with van der Waals surface area (Å²) in [7, 11) is -0.373. The number of nitrogens with zero attached hydrogens (tertiary/aromatic N) is 3. The fourth-order valence-electron chi connectivity index (χ4n) is 4.48. The van der Waals surface area contributed by atoms with Crippen molar-refractivity contribution in [2.75, 3.05) is 19.4 Å². The predicted octanol–water partition coefficient (Wildman–Crippen LogP) is 4.77. The quantitative estimate of drug-likeness (QED) is 0.458. The maximum absolute atomic E-state index is 12.4. The number of anilines is 1. The van der Waals surface area contributed by atoms with Gasteiger partial charge in [-0.05, 0) is 48.2 Å². The first kappa shape index (κ1) is 20.9. The molecule has 8 heteroatoms. The Labute approximate surface area is 187 Å². The van der Waals surface area contributed by atoms with Crippen LogP contribution in [-0.2, 0) is 10.0 Å². The van der Waals surface area contributed by atoms with E-state index >= 15 is 0 Å². The normalized spacial score (nSPS) is 15.6. The number of nitrogens with one attached hydrogen (secondary N) is 2. The Balaban J connectivity index is 1.55. The molecule has 0 atom stereocenters. The third-order valence-corrected chi connectivity index (χ3v) is 8.13. The van der Waals surface area contributed by atoms with Crippen LogP contribution in [0.5, 0.6) is 0 Å². The number of sulfonamides is 1. The maximum atomic E-state index is 12.4.